The average Bonchev–Trinajstić information content (AvgIpc) is 3.60. The minimum absolute atomic E-state index is 0.121. The van der Waals surface area contributed by atoms with Crippen molar-refractivity contribution in [3.63, 3.8) is 0 Å². The molecule has 7 heteroatoms. The minimum Gasteiger partial charge on any atom is -0.495 e. The number of anilines is 1. The second kappa shape index (κ2) is 9.06. The van der Waals surface area contributed by atoms with Gasteiger partial charge in [0.2, 0.25) is 11.8 Å². The number of carbonyl (C=O) groups excluding carboxylic acids is 2. The first-order valence-electron chi connectivity index (χ1n) is 10.3. The molecule has 2 aromatic carbocycles. The topological polar surface area (TPSA) is 61.9 Å². The molecule has 0 aromatic heterocycles. The normalized spacial score (nSPS) is 18.0. The smallest absolute Gasteiger partial charge is 0.246 e. The lowest BCUT2D eigenvalue weighted by Gasteiger charge is -2.39. The van der Waals surface area contributed by atoms with Gasteiger partial charge in [0.05, 0.1) is 12.1 Å². The number of piperazine rings is 1. The Kier molecular flexibility index (Phi) is 6.25. The third-order valence-electron chi connectivity index (χ3n) is 5.70. The van der Waals surface area contributed by atoms with E-state index in [-0.39, 0.29) is 17.7 Å². The molecular formula is C23H26ClN3O3. The molecule has 2 aromatic rings. The molecule has 0 unspecified atom stereocenters. The number of nitrogens with zero attached hydrogens (tertiary/aromatic N) is 2. The van der Waals surface area contributed by atoms with Gasteiger partial charge >= 0.3 is 0 Å². The van der Waals surface area contributed by atoms with Gasteiger partial charge in [-0.25, -0.2) is 0 Å². The van der Waals surface area contributed by atoms with Crippen molar-refractivity contribution in [2.45, 2.75) is 18.9 Å². The first-order valence-corrected chi connectivity index (χ1v) is 10.7. The molecule has 2 aliphatic rings. The van der Waals surface area contributed by atoms with E-state index in [1.165, 1.54) is 0 Å². The lowest BCUT2D eigenvalue weighted by atomic mass is 10.0. The molecule has 1 aliphatic heterocycles. The largest absolute Gasteiger partial charge is 0.495 e. The number of ether oxygens (including phenoxy) is 1. The summed E-state index contributed by atoms with van der Waals surface area (Å²) in [5.74, 6) is 0.933. The van der Waals surface area contributed by atoms with Crippen LogP contribution in [0, 0.1) is 5.92 Å². The van der Waals surface area contributed by atoms with Gasteiger partial charge in [-0.05, 0) is 36.6 Å². The van der Waals surface area contributed by atoms with Crippen LogP contribution in [0.5, 0.6) is 5.75 Å². The Morgan fingerprint density at radius 2 is 1.77 bits per heavy atom. The van der Waals surface area contributed by atoms with E-state index >= 15 is 0 Å². The summed E-state index contributed by atoms with van der Waals surface area (Å²) in [4.78, 5) is 29.8. The predicted molar refractivity (Wildman–Crippen MR) is 117 cm³/mol. The van der Waals surface area contributed by atoms with Crippen LogP contribution in [0.15, 0.2) is 48.5 Å². The van der Waals surface area contributed by atoms with E-state index in [4.69, 9.17) is 16.3 Å². The number of hydrogen-bond donors (Lipinski definition) is 1. The third kappa shape index (κ3) is 4.60. The summed E-state index contributed by atoms with van der Waals surface area (Å²) in [5.41, 5.74) is 1.55. The Bertz CT molecular complexity index is 909. The van der Waals surface area contributed by atoms with Gasteiger partial charge < -0.3 is 15.0 Å². The molecule has 1 atom stereocenters. The molecule has 0 radical (unpaired) electrons. The molecule has 1 aliphatic carbocycles. The van der Waals surface area contributed by atoms with Gasteiger partial charge in [0, 0.05) is 37.8 Å². The van der Waals surface area contributed by atoms with E-state index in [1.54, 1.807) is 25.3 Å². The predicted octanol–water partition coefficient (Wildman–Crippen LogP) is 3.58. The monoisotopic (exact) mass is 427 g/mol. The summed E-state index contributed by atoms with van der Waals surface area (Å²) in [6.45, 7) is 2.63. The van der Waals surface area contributed by atoms with E-state index in [1.807, 2.05) is 35.2 Å². The van der Waals surface area contributed by atoms with Gasteiger partial charge in [-0.1, -0.05) is 41.9 Å². The molecule has 0 spiro atoms. The number of hydrogen-bond acceptors (Lipinski definition) is 4. The zero-order chi connectivity index (χ0) is 21.1. The Morgan fingerprint density at radius 3 is 2.37 bits per heavy atom. The first kappa shape index (κ1) is 20.7. The van der Waals surface area contributed by atoms with Crippen molar-refractivity contribution in [3.8, 4) is 5.75 Å². The van der Waals surface area contributed by atoms with E-state index in [2.05, 4.69) is 10.2 Å². The Hall–Kier alpha value is -2.57. The lowest BCUT2D eigenvalue weighted by molar-refractivity contribution is -0.135. The maximum atomic E-state index is 13.3. The van der Waals surface area contributed by atoms with Crippen LogP contribution >= 0.6 is 11.6 Å². The maximum Gasteiger partial charge on any atom is 0.246 e. The molecule has 4 rings (SSSR count). The van der Waals surface area contributed by atoms with Crippen LogP contribution in [0.1, 0.15) is 24.4 Å². The van der Waals surface area contributed by atoms with Gasteiger partial charge in [-0.15, -0.1) is 0 Å². The highest BCUT2D eigenvalue weighted by atomic mass is 35.5. The van der Waals surface area contributed by atoms with E-state index in [9.17, 15) is 9.59 Å². The summed E-state index contributed by atoms with van der Waals surface area (Å²) < 4.78 is 5.18. The highest BCUT2D eigenvalue weighted by Crippen LogP contribution is 2.32. The van der Waals surface area contributed by atoms with E-state index < -0.39 is 6.04 Å². The number of methoxy groups -OCH3 is 1. The van der Waals surface area contributed by atoms with Gasteiger partial charge in [0.1, 0.15) is 11.8 Å². The van der Waals surface area contributed by atoms with Crippen LogP contribution in [0.3, 0.4) is 0 Å². The molecule has 158 valence electrons. The molecule has 30 heavy (non-hydrogen) atoms. The maximum absolute atomic E-state index is 13.3. The standard InChI is InChI=1S/C23H26ClN3O3/c1-30-20-10-9-18(15-19(20)24)25-22(28)21(16-5-3-2-4-6-16)26-11-13-27(14-12-26)23(29)17-7-8-17/h2-6,9-10,15,17,21H,7-8,11-14H2,1H3,(H,25,28)/t21-/m1/s1. The Morgan fingerprint density at radius 1 is 1.07 bits per heavy atom. The highest BCUT2D eigenvalue weighted by Gasteiger charge is 2.37. The second-order valence-corrected chi connectivity index (χ2v) is 8.19. The highest BCUT2D eigenvalue weighted by molar-refractivity contribution is 6.32. The molecule has 1 saturated heterocycles. The van der Waals surface area contributed by atoms with Gasteiger partial charge in [-0.3, -0.25) is 14.5 Å². The molecule has 6 nitrogen and oxygen atoms in total. The van der Waals surface area contributed by atoms with Crippen molar-refractivity contribution in [3.05, 3.63) is 59.1 Å². The summed E-state index contributed by atoms with van der Waals surface area (Å²) in [6, 6.07) is 14.5. The fraction of sp³-hybridized carbons (Fsp3) is 0.391. The molecule has 2 fully saturated rings. The summed E-state index contributed by atoms with van der Waals surface area (Å²) >= 11 is 6.21. The molecule has 1 saturated carbocycles. The fourth-order valence-corrected chi connectivity index (χ4v) is 4.16. The Labute approximate surface area is 181 Å². The third-order valence-corrected chi connectivity index (χ3v) is 6.00. The molecule has 1 N–H and O–H groups in total. The quantitative estimate of drug-likeness (QED) is 0.765. The van der Waals surface area contributed by atoms with Crippen LogP contribution in [0.2, 0.25) is 5.02 Å². The number of benzene rings is 2. The number of rotatable bonds is 6. The van der Waals surface area contributed by atoms with Crippen LogP contribution in [0.25, 0.3) is 0 Å². The van der Waals surface area contributed by atoms with Crippen molar-refractivity contribution in [1.29, 1.82) is 0 Å². The van der Waals surface area contributed by atoms with Crippen LogP contribution in [-0.4, -0.2) is 54.9 Å². The number of amides is 2. The SMILES string of the molecule is COc1ccc(NC(=O)[C@@H](c2ccccc2)N2CCN(C(=O)C3CC3)CC2)cc1Cl. The van der Waals surface area contributed by atoms with Crippen LogP contribution in [0.4, 0.5) is 5.69 Å². The average molecular weight is 428 g/mol. The zero-order valence-corrected chi connectivity index (χ0v) is 17.8. The van der Waals surface area contributed by atoms with Crippen molar-refractivity contribution in [2.24, 2.45) is 5.92 Å². The van der Waals surface area contributed by atoms with E-state index in [0.29, 0.717) is 42.6 Å². The molecule has 0 bridgehead atoms. The second-order valence-electron chi connectivity index (χ2n) is 7.79. The minimum atomic E-state index is -0.440. The number of halogens is 1. The van der Waals surface area contributed by atoms with Crippen molar-refractivity contribution < 1.29 is 14.3 Å². The van der Waals surface area contributed by atoms with Gasteiger partial charge in [0.25, 0.3) is 0 Å². The Balaban J connectivity index is 1.49. The lowest BCUT2D eigenvalue weighted by Crippen LogP contribution is -2.52. The van der Waals surface area contributed by atoms with Crippen LogP contribution in [-0.2, 0) is 9.59 Å². The molecular weight excluding hydrogens is 402 g/mol. The first-order chi connectivity index (χ1) is 14.6. The number of nitrogens with one attached hydrogen (secondary N) is 1. The van der Waals surface area contributed by atoms with Crippen molar-refractivity contribution in [2.75, 3.05) is 38.6 Å². The summed E-state index contributed by atoms with van der Waals surface area (Å²) in [7, 11) is 1.55. The van der Waals surface area contributed by atoms with E-state index in [0.717, 1.165) is 18.4 Å². The molecule has 2 amide bonds. The summed E-state index contributed by atoms with van der Waals surface area (Å²) in [6.07, 6.45) is 2.02. The molecule has 1 heterocycles. The van der Waals surface area contributed by atoms with Gasteiger partial charge in [-0.2, -0.15) is 0 Å². The van der Waals surface area contributed by atoms with Crippen molar-refractivity contribution in [1.82, 2.24) is 9.80 Å². The van der Waals surface area contributed by atoms with Gasteiger partial charge in [0.15, 0.2) is 0 Å². The zero-order valence-electron chi connectivity index (χ0n) is 17.0. The summed E-state index contributed by atoms with van der Waals surface area (Å²) in [5, 5.41) is 3.43. The van der Waals surface area contributed by atoms with Crippen LogP contribution < -0.4 is 10.1 Å². The number of carbonyl (C=O) groups is 2. The fourth-order valence-electron chi connectivity index (χ4n) is 3.91. The van der Waals surface area contributed by atoms with Crippen molar-refractivity contribution >= 4 is 29.1 Å².